The number of carbonyl (C=O) groups is 1. The molecule has 0 aliphatic heterocycles. The summed E-state index contributed by atoms with van der Waals surface area (Å²) in [4.78, 5) is 12.1. The average Bonchev–Trinajstić information content (AvgIpc) is 2.45. The predicted octanol–water partition coefficient (Wildman–Crippen LogP) is 2.04. The molecule has 0 unspecified atom stereocenters. The van der Waals surface area contributed by atoms with E-state index in [0.717, 1.165) is 19.3 Å². The van der Waals surface area contributed by atoms with Crippen molar-refractivity contribution < 1.29 is 14.6 Å². The highest BCUT2D eigenvalue weighted by Crippen LogP contribution is 2.32. The monoisotopic (exact) mass is 286 g/mol. The van der Waals surface area contributed by atoms with Crippen LogP contribution in [0.4, 0.5) is 4.79 Å². The number of rotatable bonds is 7. The molecule has 1 fully saturated rings. The molecule has 1 aliphatic carbocycles. The fourth-order valence-electron chi connectivity index (χ4n) is 2.90. The Kier molecular flexibility index (Phi) is 7.30. The average molecular weight is 286 g/mol. The number of carbonyl (C=O) groups excluding carboxylic acids is 1. The lowest BCUT2D eigenvalue weighted by Gasteiger charge is -2.39. The molecule has 0 heterocycles. The summed E-state index contributed by atoms with van der Waals surface area (Å²) in [7, 11) is 1.65. The Bertz CT molecular complexity index is 293. The Morgan fingerprint density at radius 2 is 2.05 bits per heavy atom. The number of nitrogens with one attached hydrogen (secondary N) is 2. The van der Waals surface area contributed by atoms with E-state index in [2.05, 4.69) is 10.6 Å². The molecule has 1 saturated carbocycles. The van der Waals surface area contributed by atoms with Gasteiger partial charge >= 0.3 is 6.03 Å². The molecule has 0 aromatic carbocycles. The Balaban J connectivity index is 2.47. The zero-order valence-corrected chi connectivity index (χ0v) is 13.1. The number of aliphatic hydroxyl groups excluding tert-OH is 1. The summed E-state index contributed by atoms with van der Waals surface area (Å²) in [6, 6.07) is -0.139. The number of urea groups is 1. The number of hydrogen-bond donors (Lipinski definition) is 3. The van der Waals surface area contributed by atoms with Crippen LogP contribution in [0.25, 0.3) is 0 Å². The van der Waals surface area contributed by atoms with Gasteiger partial charge in [0.25, 0.3) is 0 Å². The van der Waals surface area contributed by atoms with Gasteiger partial charge < -0.3 is 20.5 Å². The number of ether oxygens (including phenoxy) is 1. The summed E-state index contributed by atoms with van der Waals surface area (Å²) in [5, 5.41) is 15.6. The van der Waals surface area contributed by atoms with Gasteiger partial charge in [0.05, 0.1) is 12.1 Å². The molecule has 0 aromatic rings. The van der Waals surface area contributed by atoms with Gasteiger partial charge in [-0.25, -0.2) is 4.79 Å². The van der Waals surface area contributed by atoms with Gasteiger partial charge in [-0.2, -0.15) is 0 Å². The van der Waals surface area contributed by atoms with Crippen LogP contribution in [0.1, 0.15) is 52.4 Å². The van der Waals surface area contributed by atoms with Crippen LogP contribution in [-0.2, 0) is 4.74 Å². The Labute approximate surface area is 122 Å². The maximum absolute atomic E-state index is 12.1. The third-order valence-corrected chi connectivity index (χ3v) is 4.37. The number of aliphatic hydroxyl groups is 1. The molecule has 118 valence electrons. The summed E-state index contributed by atoms with van der Waals surface area (Å²) < 4.78 is 5.00. The standard InChI is InChI=1S/C15H30N2O3/c1-12(9-10-20-3)16-14(19)17-15(2,11-18)13-7-5-4-6-8-13/h12-13,18H,4-11H2,1-3H3,(H2,16,17,19)/t12-,15+/m0/s1. The topological polar surface area (TPSA) is 70.6 Å². The van der Waals surface area contributed by atoms with Crippen molar-refractivity contribution >= 4 is 6.03 Å². The highest BCUT2D eigenvalue weighted by molar-refractivity contribution is 5.75. The van der Waals surface area contributed by atoms with Gasteiger partial charge in [0.2, 0.25) is 0 Å². The second-order valence-corrected chi connectivity index (χ2v) is 6.19. The van der Waals surface area contributed by atoms with Crippen molar-refractivity contribution in [1.82, 2.24) is 10.6 Å². The van der Waals surface area contributed by atoms with Crippen LogP contribution < -0.4 is 10.6 Å². The zero-order chi connectivity index (χ0) is 15.0. The molecular weight excluding hydrogens is 256 g/mol. The molecule has 2 amide bonds. The minimum Gasteiger partial charge on any atom is -0.394 e. The molecule has 0 radical (unpaired) electrons. The highest BCUT2D eigenvalue weighted by atomic mass is 16.5. The number of hydrogen-bond acceptors (Lipinski definition) is 3. The SMILES string of the molecule is COCC[C@H](C)NC(=O)N[C@](C)(CO)C1CCCCC1. The first-order valence-electron chi connectivity index (χ1n) is 7.70. The van der Waals surface area contributed by atoms with Crippen LogP contribution in [0.3, 0.4) is 0 Å². The van der Waals surface area contributed by atoms with E-state index < -0.39 is 5.54 Å². The van der Waals surface area contributed by atoms with Gasteiger partial charge in [0.15, 0.2) is 0 Å². The fourth-order valence-corrected chi connectivity index (χ4v) is 2.90. The molecule has 3 N–H and O–H groups in total. The van der Waals surface area contributed by atoms with E-state index in [4.69, 9.17) is 4.74 Å². The van der Waals surface area contributed by atoms with Crippen molar-refractivity contribution in [2.24, 2.45) is 5.92 Å². The number of methoxy groups -OCH3 is 1. The molecule has 5 heteroatoms. The van der Waals surface area contributed by atoms with Gasteiger partial charge in [-0.15, -0.1) is 0 Å². The van der Waals surface area contributed by atoms with Gasteiger partial charge in [-0.05, 0) is 39.0 Å². The first-order chi connectivity index (χ1) is 9.51. The summed E-state index contributed by atoms with van der Waals surface area (Å²) in [6.45, 7) is 4.51. The van der Waals surface area contributed by atoms with Crippen LogP contribution >= 0.6 is 0 Å². The van der Waals surface area contributed by atoms with E-state index in [0.29, 0.717) is 12.5 Å². The lowest BCUT2D eigenvalue weighted by Crippen LogP contribution is -2.58. The summed E-state index contributed by atoms with van der Waals surface area (Å²) in [5.41, 5.74) is -0.522. The van der Waals surface area contributed by atoms with E-state index in [1.807, 2.05) is 13.8 Å². The van der Waals surface area contributed by atoms with E-state index in [1.54, 1.807) is 7.11 Å². The second-order valence-electron chi connectivity index (χ2n) is 6.19. The molecule has 0 bridgehead atoms. The van der Waals surface area contributed by atoms with Gasteiger partial charge in [-0.1, -0.05) is 19.3 Å². The summed E-state index contributed by atoms with van der Waals surface area (Å²) >= 11 is 0. The summed E-state index contributed by atoms with van der Waals surface area (Å²) in [5.74, 6) is 0.362. The first-order valence-corrected chi connectivity index (χ1v) is 7.70. The second kappa shape index (κ2) is 8.47. The smallest absolute Gasteiger partial charge is 0.315 e. The Hall–Kier alpha value is -0.810. The molecule has 2 atom stereocenters. The van der Waals surface area contributed by atoms with E-state index in [-0.39, 0.29) is 18.7 Å². The quantitative estimate of drug-likeness (QED) is 0.671. The first kappa shape index (κ1) is 17.2. The minimum atomic E-state index is -0.522. The summed E-state index contributed by atoms with van der Waals surface area (Å²) in [6.07, 6.45) is 6.58. The number of amides is 2. The molecule has 5 nitrogen and oxygen atoms in total. The van der Waals surface area contributed by atoms with Crippen molar-refractivity contribution in [2.45, 2.75) is 64.0 Å². The van der Waals surface area contributed by atoms with Crippen LogP contribution in [0, 0.1) is 5.92 Å². The van der Waals surface area contributed by atoms with E-state index in [9.17, 15) is 9.90 Å². The van der Waals surface area contributed by atoms with Crippen molar-refractivity contribution in [1.29, 1.82) is 0 Å². The van der Waals surface area contributed by atoms with Crippen LogP contribution in [0.2, 0.25) is 0 Å². The molecule has 0 saturated heterocycles. The van der Waals surface area contributed by atoms with Crippen molar-refractivity contribution in [3.8, 4) is 0 Å². The molecule has 0 aromatic heterocycles. The third kappa shape index (κ3) is 5.29. The van der Waals surface area contributed by atoms with Gasteiger partial charge in [0.1, 0.15) is 0 Å². The maximum atomic E-state index is 12.1. The fraction of sp³-hybridized carbons (Fsp3) is 0.933. The lowest BCUT2D eigenvalue weighted by molar-refractivity contribution is 0.100. The lowest BCUT2D eigenvalue weighted by atomic mass is 9.76. The Morgan fingerprint density at radius 3 is 2.60 bits per heavy atom. The molecule has 0 spiro atoms. The normalized spacial score (nSPS) is 21.0. The molecule has 20 heavy (non-hydrogen) atoms. The maximum Gasteiger partial charge on any atom is 0.315 e. The van der Waals surface area contributed by atoms with Crippen LogP contribution in [0.15, 0.2) is 0 Å². The Morgan fingerprint density at radius 1 is 1.40 bits per heavy atom. The predicted molar refractivity (Wildman–Crippen MR) is 79.7 cm³/mol. The van der Waals surface area contributed by atoms with Crippen molar-refractivity contribution in [3.05, 3.63) is 0 Å². The van der Waals surface area contributed by atoms with Crippen molar-refractivity contribution in [3.63, 3.8) is 0 Å². The van der Waals surface area contributed by atoms with Gasteiger partial charge in [-0.3, -0.25) is 0 Å². The van der Waals surface area contributed by atoms with E-state index >= 15 is 0 Å². The van der Waals surface area contributed by atoms with Gasteiger partial charge in [0, 0.05) is 19.8 Å². The van der Waals surface area contributed by atoms with E-state index in [1.165, 1.54) is 19.3 Å². The van der Waals surface area contributed by atoms with Crippen LogP contribution in [0.5, 0.6) is 0 Å². The minimum absolute atomic E-state index is 0.0163. The molecule has 1 aliphatic rings. The zero-order valence-electron chi connectivity index (χ0n) is 13.1. The molecule has 1 rings (SSSR count). The van der Waals surface area contributed by atoms with Crippen LogP contribution in [-0.4, -0.2) is 43.0 Å². The highest BCUT2D eigenvalue weighted by Gasteiger charge is 2.35. The third-order valence-electron chi connectivity index (χ3n) is 4.37. The molecular formula is C15H30N2O3. The van der Waals surface area contributed by atoms with Crippen molar-refractivity contribution in [2.75, 3.05) is 20.3 Å². The largest absolute Gasteiger partial charge is 0.394 e.